The van der Waals surface area contributed by atoms with Crippen molar-refractivity contribution >= 4 is 17.3 Å². The number of carbonyl (C=O) groups is 1. The normalized spacial score (nSPS) is 10.8. The lowest BCUT2D eigenvalue weighted by Gasteiger charge is -2.00. The highest BCUT2D eigenvalue weighted by atomic mass is 32.1. The maximum Gasteiger partial charge on any atom is 0.335 e. The molecule has 0 unspecified atom stereocenters. The van der Waals surface area contributed by atoms with Crippen LogP contribution in [0.4, 0.5) is 0 Å². The van der Waals surface area contributed by atoms with Crippen molar-refractivity contribution < 1.29 is 15.0 Å². The van der Waals surface area contributed by atoms with E-state index in [0.29, 0.717) is 10.0 Å². The van der Waals surface area contributed by atoms with Crippen molar-refractivity contribution in [3.05, 3.63) is 66.5 Å². The fraction of sp³-hybridized carbons (Fsp3) is 0. The molecule has 0 saturated carbocycles. The average molecular weight is 364 g/mol. The number of carboxylic acids is 1. The monoisotopic (exact) mass is 364 g/mol. The fourth-order valence-electron chi connectivity index (χ4n) is 2.39. The number of hydrogen-bond donors (Lipinski definition) is 2. The van der Waals surface area contributed by atoms with Gasteiger partial charge in [0.1, 0.15) is 10.8 Å². The molecule has 0 aliphatic heterocycles. The zero-order chi connectivity index (χ0) is 18.1. The summed E-state index contributed by atoms with van der Waals surface area (Å²) < 4.78 is 1.69. The molecule has 2 aromatic heterocycles. The van der Waals surface area contributed by atoms with Crippen LogP contribution in [0.5, 0.6) is 5.75 Å². The van der Waals surface area contributed by atoms with E-state index in [1.807, 2.05) is 6.20 Å². The number of carboxylic acid groups (broad SMARTS) is 1. The van der Waals surface area contributed by atoms with E-state index in [4.69, 9.17) is 5.11 Å². The molecule has 0 fully saturated rings. The maximum absolute atomic E-state index is 10.9. The fourth-order valence-corrected chi connectivity index (χ4v) is 3.22. The summed E-state index contributed by atoms with van der Waals surface area (Å²) >= 11 is 1.40. The van der Waals surface area contributed by atoms with Crippen molar-refractivity contribution in [3.8, 4) is 32.6 Å². The minimum absolute atomic E-state index is 0.198. The molecule has 26 heavy (non-hydrogen) atoms. The second-order valence-corrected chi connectivity index (χ2v) is 6.46. The number of rotatable bonds is 4. The number of phenolic OH excluding ortho intramolecular Hbond substituents is 1. The molecule has 0 saturated heterocycles. The van der Waals surface area contributed by atoms with Crippen molar-refractivity contribution in [1.29, 1.82) is 0 Å². The van der Waals surface area contributed by atoms with Crippen LogP contribution < -0.4 is 0 Å². The molecule has 0 atom stereocenters. The Labute approximate surface area is 151 Å². The van der Waals surface area contributed by atoms with Crippen LogP contribution in [0, 0.1) is 0 Å². The molecule has 0 aliphatic carbocycles. The molecule has 8 heteroatoms. The second-order valence-electron chi connectivity index (χ2n) is 5.48. The highest BCUT2D eigenvalue weighted by Crippen LogP contribution is 2.30. The molecule has 7 nitrogen and oxygen atoms in total. The van der Waals surface area contributed by atoms with E-state index in [0.717, 1.165) is 16.8 Å². The molecule has 128 valence electrons. The maximum atomic E-state index is 10.9. The summed E-state index contributed by atoms with van der Waals surface area (Å²) in [4.78, 5) is 10.9. The van der Waals surface area contributed by atoms with Crippen LogP contribution in [0.15, 0.2) is 60.9 Å². The Morgan fingerprint density at radius 3 is 2.23 bits per heavy atom. The summed E-state index contributed by atoms with van der Waals surface area (Å²) in [5.74, 6) is -0.764. The first kappa shape index (κ1) is 16.0. The van der Waals surface area contributed by atoms with Gasteiger partial charge in [0.05, 0.1) is 23.0 Å². The first-order valence-electron chi connectivity index (χ1n) is 7.62. The number of aromatic hydroxyl groups is 1. The van der Waals surface area contributed by atoms with Gasteiger partial charge >= 0.3 is 5.97 Å². The van der Waals surface area contributed by atoms with Crippen molar-refractivity contribution in [2.24, 2.45) is 0 Å². The number of aromatic nitrogens is 4. The van der Waals surface area contributed by atoms with Gasteiger partial charge in [-0.25, -0.2) is 9.48 Å². The van der Waals surface area contributed by atoms with Crippen LogP contribution in [0.2, 0.25) is 0 Å². The standard InChI is InChI=1S/C18H12N4O3S/c23-15-7-5-14(6-8-15)22-10-13(9-19-22)17-21-20-16(26-17)11-1-3-12(4-2-11)18(24)25/h1-10,23H,(H,24,25). The number of benzene rings is 2. The van der Waals surface area contributed by atoms with Gasteiger partial charge < -0.3 is 10.2 Å². The van der Waals surface area contributed by atoms with E-state index in [9.17, 15) is 9.90 Å². The highest BCUT2D eigenvalue weighted by Gasteiger charge is 2.12. The van der Waals surface area contributed by atoms with Crippen LogP contribution >= 0.6 is 11.3 Å². The Balaban J connectivity index is 1.60. The van der Waals surface area contributed by atoms with E-state index in [1.54, 1.807) is 59.4 Å². The lowest BCUT2D eigenvalue weighted by atomic mass is 10.1. The van der Waals surface area contributed by atoms with E-state index >= 15 is 0 Å². The smallest absolute Gasteiger partial charge is 0.335 e. The molecular formula is C18H12N4O3S. The van der Waals surface area contributed by atoms with E-state index in [2.05, 4.69) is 15.3 Å². The van der Waals surface area contributed by atoms with E-state index in [1.165, 1.54) is 11.3 Å². The summed E-state index contributed by atoms with van der Waals surface area (Å²) in [5, 5.41) is 32.4. The minimum Gasteiger partial charge on any atom is -0.508 e. The van der Waals surface area contributed by atoms with Crippen molar-refractivity contribution in [2.75, 3.05) is 0 Å². The van der Waals surface area contributed by atoms with Gasteiger partial charge in [-0.3, -0.25) is 0 Å². The Bertz CT molecular complexity index is 1070. The van der Waals surface area contributed by atoms with Crippen LogP contribution in [0.1, 0.15) is 10.4 Å². The number of phenols is 1. The van der Waals surface area contributed by atoms with Gasteiger partial charge in [0, 0.05) is 11.8 Å². The zero-order valence-corrected chi connectivity index (χ0v) is 14.1. The average Bonchev–Trinajstić information content (AvgIpc) is 3.32. The van der Waals surface area contributed by atoms with Gasteiger partial charge in [0.15, 0.2) is 5.01 Å². The molecule has 4 rings (SSSR count). The molecule has 4 aromatic rings. The summed E-state index contributed by atoms with van der Waals surface area (Å²) in [6.45, 7) is 0. The summed E-state index contributed by atoms with van der Waals surface area (Å²) in [6, 6.07) is 13.2. The van der Waals surface area contributed by atoms with Crippen LogP contribution in [-0.4, -0.2) is 36.2 Å². The SMILES string of the molecule is O=C(O)c1ccc(-c2nnc(-c3cnn(-c4ccc(O)cc4)c3)s2)cc1. The predicted molar refractivity (Wildman–Crippen MR) is 96.5 cm³/mol. The summed E-state index contributed by atoms with van der Waals surface area (Å²) in [7, 11) is 0. The lowest BCUT2D eigenvalue weighted by molar-refractivity contribution is 0.0697. The van der Waals surface area contributed by atoms with Crippen molar-refractivity contribution in [1.82, 2.24) is 20.0 Å². The first-order chi connectivity index (χ1) is 12.6. The van der Waals surface area contributed by atoms with E-state index < -0.39 is 5.97 Å². The van der Waals surface area contributed by atoms with Crippen molar-refractivity contribution in [2.45, 2.75) is 0 Å². The predicted octanol–water partition coefficient (Wildman–Crippen LogP) is 3.46. The molecule has 2 aromatic carbocycles. The highest BCUT2D eigenvalue weighted by molar-refractivity contribution is 7.17. The molecule has 0 radical (unpaired) electrons. The third-order valence-electron chi connectivity index (χ3n) is 3.75. The third-order valence-corrected chi connectivity index (χ3v) is 4.77. The zero-order valence-electron chi connectivity index (χ0n) is 13.3. The number of hydrogen-bond acceptors (Lipinski definition) is 6. The quantitative estimate of drug-likeness (QED) is 0.575. The number of nitrogens with zero attached hydrogens (tertiary/aromatic N) is 4. The molecule has 2 N–H and O–H groups in total. The van der Waals surface area contributed by atoms with Crippen LogP contribution in [0.25, 0.3) is 26.8 Å². The molecule has 0 amide bonds. The molecule has 2 heterocycles. The minimum atomic E-state index is -0.962. The second kappa shape index (κ2) is 6.41. The van der Waals surface area contributed by atoms with Gasteiger partial charge in [-0.1, -0.05) is 23.5 Å². The third kappa shape index (κ3) is 3.05. The molecular weight excluding hydrogens is 352 g/mol. The summed E-state index contributed by atoms with van der Waals surface area (Å²) in [6.07, 6.45) is 3.54. The largest absolute Gasteiger partial charge is 0.508 e. The van der Waals surface area contributed by atoms with Gasteiger partial charge in [0.25, 0.3) is 0 Å². The Morgan fingerprint density at radius 1 is 0.923 bits per heavy atom. The Morgan fingerprint density at radius 2 is 1.58 bits per heavy atom. The lowest BCUT2D eigenvalue weighted by Crippen LogP contribution is -1.94. The van der Waals surface area contributed by atoms with Crippen molar-refractivity contribution in [3.63, 3.8) is 0 Å². The van der Waals surface area contributed by atoms with Crippen LogP contribution in [0.3, 0.4) is 0 Å². The van der Waals surface area contributed by atoms with E-state index in [-0.39, 0.29) is 11.3 Å². The van der Waals surface area contributed by atoms with Gasteiger partial charge in [-0.2, -0.15) is 5.10 Å². The summed E-state index contributed by atoms with van der Waals surface area (Å²) in [5.41, 5.74) is 2.69. The van der Waals surface area contributed by atoms with Gasteiger partial charge in [-0.05, 0) is 36.4 Å². The molecule has 0 bridgehead atoms. The molecule has 0 aliphatic rings. The van der Waals surface area contributed by atoms with Crippen LogP contribution in [-0.2, 0) is 0 Å². The topological polar surface area (TPSA) is 101 Å². The van der Waals surface area contributed by atoms with Gasteiger partial charge in [0.2, 0.25) is 0 Å². The first-order valence-corrected chi connectivity index (χ1v) is 8.43. The number of aromatic carboxylic acids is 1. The Kier molecular flexibility index (Phi) is 3.94. The van der Waals surface area contributed by atoms with Gasteiger partial charge in [-0.15, -0.1) is 10.2 Å². The Hall–Kier alpha value is -3.52. The molecule has 0 spiro atoms.